The molecule has 1 aliphatic carbocycles. The van der Waals surface area contributed by atoms with Gasteiger partial charge in [0.05, 0.1) is 5.92 Å². The molecule has 1 heterocycles. The van der Waals surface area contributed by atoms with Gasteiger partial charge in [-0.05, 0) is 51.4 Å². The van der Waals surface area contributed by atoms with Gasteiger partial charge in [0.2, 0.25) is 17.7 Å². The number of nitrogens with zero attached hydrogens (tertiary/aromatic N) is 3. The first-order valence-corrected chi connectivity index (χ1v) is 13.5. The summed E-state index contributed by atoms with van der Waals surface area (Å²) in [6, 6.07) is 8.61. The monoisotopic (exact) mass is 515 g/mol. The first-order chi connectivity index (χ1) is 17.2. The molecule has 1 aromatic carbocycles. The van der Waals surface area contributed by atoms with E-state index in [0.29, 0.717) is 30.0 Å². The third-order valence-electron chi connectivity index (χ3n) is 6.21. The molecule has 1 fully saturated rings. The molecule has 3 amide bonds. The molecule has 0 radical (unpaired) electrons. The van der Waals surface area contributed by atoms with Crippen LogP contribution in [-0.4, -0.2) is 65.3 Å². The number of amides is 3. The first kappa shape index (κ1) is 27.9. The van der Waals surface area contributed by atoms with Crippen molar-refractivity contribution in [3.8, 4) is 0 Å². The van der Waals surface area contributed by atoms with Gasteiger partial charge in [-0.1, -0.05) is 56.7 Å². The lowest BCUT2D eigenvalue weighted by Gasteiger charge is -2.31. The Balaban J connectivity index is 1.66. The van der Waals surface area contributed by atoms with Crippen LogP contribution in [0.2, 0.25) is 0 Å². The summed E-state index contributed by atoms with van der Waals surface area (Å²) < 4.78 is 5.79. The SMILES string of the molecule is CC(C)CC(C(=O)NC(=O)[C@@H]1CCCC[C@@H]1NC(=O)c1ccccc1)c1nnc(SCCN(C)C)o1. The second-order valence-electron chi connectivity index (χ2n) is 9.93. The van der Waals surface area contributed by atoms with E-state index in [1.165, 1.54) is 11.8 Å². The number of thioether (sulfide) groups is 1. The van der Waals surface area contributed by atoms with Crippen molar-refractivity contribution < 1.29 is 18.8 Å². The molecule has 0 bridgehead atoms. The Morgan fingerprint density at radius 3 is 2.53 bits per heavy atom. The van der Waals surface area contributed by atoms with Crippen LogP contribution in [0.4, 0.5) is 0 Å². The minimum absolute atomic E-state index is 0.181. The molecular formula is C26H37N5O4S. The number of carbonyl (C=O) groups is 3. The Morgan fingerprint density at radius 1 is 1.11 bits per heavy atom. The zero-order chi connectivity index (χ0) is 26.1. The smallest absolute Gasteiger partial charge is 0.276 e. The number of hydrogen-bond donors (Lipinski definition) is 2. The predicted octanol–water partition coefficient (Wildman–Crippen LogP) is 3.48. The zero-order valence-corrected chi connectivity index (χ0v) is 22.3. The van der Waals surface area contributed by atoms with E-state index < -0.39 is 17.7 Å². The standard InChI is InChI=1S/C26H37N5O4S/c1-17(2)16-20(25-29-30-26(35-25)36-15-14-31(3)4)24(34)28-23(33)19-12-8-9-13-21(19)27-22(32)18-10-6-5-7-11-18/h5-7,10-11,17,19-21H,8-9,12-16H2,1-4H3,(H,27,32)(H,28,33,34)/t19-,20?,21+/m1/s1. The first-order valence-electron chi connectivity index (χ1n) is 12.6. The van der Waals surface area contributed by atoms with Crippen LogP contribution in [0.25, 0.3) is 0 Å². The van der Waals surface area contributed by atoms with Gasteiger partial charge in [0.25, 0.3) is 11.1 Å². The lowest BCUT2D eigenvalue weighted by Crippen LogP contribution is -2.50. The second-order valence-corrected chi connectivity index (χ2v) is 11.0. The van der Waals surface area contributed by atoms with Crippen LogP contribution in [0, 0.1) is 11.8 Å². The Hall–Kier alpha value is -2.72. The van der Waals surface area contributed by atoms with Gasteiger partial charge in [0.1, 0.15) is 5.92 Å². The van der Waals surface area contributed by atoms with Gasteiger partial charge >= 0.3 is 0 Å². The molecule has 3 rings (SSSR count). The fraction of sp³-hybridized carbons (Fsp3) is 0.577. The van der Waals surface area contributed by atoms with E-state index in [1.807, 2.05) is 34.0 Å². The summed E-state index contributed by atoms with van der Waals surface area (Å²) in [6.45, 7) is 4.86. The van der Waals surface area contributed by atoms with Crippen LogP contribution in [0.15, 0.2) is 40.0 Å². The highest BCUT2D eigenvalue weighted by Gasteiger charge is 2.35. The summed E-state index contributed by atoms with van der Waals surface area (Å²) in [6.07, 6.45) is 3.57. The molecule has 1 aliphatic rings. The molecule has 1 saturated carbocycles. The number of imide groups is 1. The molecule has 0 aliphatic heterocycles. The molecule has 0 saturated heterocycles. The minimum atomic E-state index is -0.717. The fourth-order valence-electron chi connectivity index (χ4n) is 4.29. The van der Waals surface area contributed by atoms with Crippen molar-refractivity contribution in [3.63, 3.8) is 0 Å². The van der Waals surface area contributed by atoms with Gasteiger partial charge < -0.3 is 14.6 Å². The summed E-state index contributed by atoms with van der Waals surface area (Å²) in [5.41, 5.74) is 0.547. The highest BCUT2D eigenvalue weighted by molar-refractivity contribution is 7.99. The molecule has 2 aromatic rings. The summed E-state index contributed by atoms with van der Waals surface area (Å²) in [5, 5.41) is 14.2. The second kappa shape index (κ2) is 13.5. The van der Waals surface area contributed by atoms with Crippen molar-refractivity contribution in [1.82, 2.24) is 25.7 Å². The van der Waals surface area contributed by atoms with Crippen LogP contribution >= 0.6 is 11.8 Å². The lowest BCUT2D eigenvalue weighted by molar-refractivity contribution is -0.135. The summed E-state index contributed by atoms with van der Waals surface area (Å²) in [4.78, 5) is 41.2. The van der Waals surface area contributed by atoms with Crippen LogP contribution < -0.4 is 10.6 Å². The summed E-state index contributed by atoms with van der Waals surface area (Å²) in [7, 11) is 3.98. The van der Waals surface area contributed by atoms with E-state index in [1.54, 1.807) is 24.3 Å². The van der Waals surface area contributed by atoms with Crippen molar-refractivity contribution in [3.05, 3.63) is 41.8 Å². The van der Waals surface area contributed by atoms with Gasteiger partial charge in [-0.2, -0.15) is 0 Å². The largest absolute Gasteiger partial charge is 0.415 e. The molecule has 1 unspecified atom stereocenters. The number of carbonyl (C=O) groups excluding carboxylic acids is 3. The molecule has 9 nitrogen and oxygen atoms in total. The highest BCUT2D eigenvalue weighted by atomic mass is 32.2. The van der Waals surface area contributed by atoms with Crippen LogP contribution in [-0.2, 0) is 9.59 Å². The summed E-state index contributed by atoms with van der Waals surface area (Å²) >= 11 is 1.44. The third-order valence-corrected chi connectivity index (χ3v) is 7.01. The zero-order valence-electron chi connectivity index (χ0n) is 21.5. The average molecular weight is 516 g/mol. The van der Waals surface area contributed by atoms with E-state index in [2.05, 4.69) is 25.7 Å². The molecule has 0 spiro atoms. The van der Waals surface area contributed by atoms with Gasteiger partial charge in [0, 0.05) is 23.9 Å². The minimum Gasteiger partial charge on any atom is -0.415 e. The van der Waals surface area contributed by atoms with Crippen LogP contribution in [0.3, 0.4) is 0 Å². The van der Waals surface area contributed by atoms with Gasteiger partial charge in [-0.3, -0.25) is 19.7 Å². The molecule has 196 valence electrons. The summed E-state index contributed by atoms with van der Waals surface area (Å²) in [5.74, 6) is -1.03. The number of hydrogen-bond acceptors (Lipinski definition) is 8. The number of rotatable bonds is 11. The van der Waals surface area contributed by atoms with Gasteiger partial charge in [-0.25, -0.2) is 0 Å². The molecule has 3 atom stereocenters. The quantitative estimate of drug-likeness (QED) is 0.437. The normalized spacial score (nSPS) is 18.7. The maximum atomic E-state index is 13.2. The van der Waals surface area contributed by atoms with E-state index >= 15 is 0 Å². The van der Waals surface area contributed by atoms with Crippen LogP contribution in [0.5, 0.6) is 0 Å². The van der Waals surface area contributed by atoms with Gasteiger partial charge in [0.15, 0.2) is 0 Å². The van der Waals surface area contributed by atoms with E-state index in [0.717, 1.165) is 25.1 Å². The molecular weight excluding hydrogens is 478 g/mol. The van der Waals surface area contributed by atoms with Crippen molar-refractivity contribution in [2.24, 2.45) is 11.8 Å². The highest BCUT2D eigenvalue weighted by Crippen LogP contribution is 2.28. The van der Waals surface area contributed by atoms with Crippen molar-refractivity contribution in [2.45, 2.75) is 63.1 Å². The Labute approximate surface area is 217 Å². The maximum Gasteiger partial charge on any atom is 0.276 e. The average Bonchev–Trinajstić information content (AvgIpc) is 3.31. The van der Waals surface area contributed by atoms with Crippen LogP contribution in [0.1, 0.15) is 68.1 Å². The fourth-order valence-corrected chi connectivity index (χ4v) is 5.16. The molecule has 36 heavy (non-hydrogen) atoms. The van der Waals surface area contributed by atoms with E-state index in [9.17, 15) is 14.4 Å². The number of nitrogens with one attached hydrogen (secondary N) is 2. The number of aromatic nitrogens is 2. The van der Waals surface area contributed by atoms with Crippen molar-refractivity contribution in [1.29, 1.82) is 0 Å². The van der Waals surface area contributed by atoms with E-state index in [4.69, 9.17) is 4.42 Å². The maximum absolute atomic E-state index is 13.2. The predicted molar refractivity (Wildman–Crippen MR) is 139 cm³/mol. The third kappa shape index (κ3) is 8.16. The Morgan fingerprint density at radius 2 is 1.83 bits per heavy atom. The number of benzene rings is 1. The molecule has 2 N–H and O–H groups in total. The molecule has 10 heteroatoms. The Bertz CT molecular complexity index is 1010. The lowest BCUT2D eigenvalue weighted by atomic mass is 9.83. The van der Waals surface area contributed by atoms with E-state index in [-0.39, 0.29) is 29.7 Å². The van der Waals surface area contributed by atoms with Crippen molar-refractivity contribution in [2.75, 3.05) is 26.4 Å². The molecule has 1 aromatic heterocycles. The Kier molecular flexibility index (Phi) is 10.5. The van der Waals surface area contributed by atoms with Crippen molar-refractivity contribution >= 4 is 29.5 Å². The van der Waals surface area contributed by atoms with Gasteiger partial charge in [-0.15, -0.1) is 10.2 Å². The topological polar surface area (TPSA) is 117 Å².